The van der Waals surface area contributed by atoms with Crippen LogP contribution < -0.4 is 10.1 Å². The van der Waals surface area contributed by atoms with Gasteiger partial charge >= 0.3 is 5.97 Å². The third-order valence-corrected chi connectivity index (χ3v) is 6.77. The molecule has 0 aromatic heterocycles. The minimum absolute atomic E-state index is 0.0200. The summed E-state index contributed by atoms with van der Waals surface area (Å²) in [5.74, 6) is -4.11. The molecular formula is C25H28N2O6. The molecule has 2 aliphatic heterocycles. The first kappa shape index (κ1) is 22.8. The van der Waals surface area contributed by atoms with Crippen LogP contribution in [0.3, 0.4) is 0 Å². The first-order valence-electron chi connectivity index (χ1n) is 11.1. The molecule has 0 spiro atoms. The molecule has 3 N–H and O–H groups in total. The van der Waals surface area contributed by atoms with E-state index in [-0.39, 0.29) is 24.5 Å². The number of para-hydroxylation sites is 1. The molecule has 8 heteroatoms. The van der Waals surface area contributed by atoms with Crippen molar-refractivity contribution in [2.75, 3.05) is 13.7 Å². The number of aromatic hydroxyl groups is 1. The standard InChI is InChI=1S/C25H28N2O6/c1-3-4-13-27-22(29)18-19(23(27)30)25(24(31)32,14-15-9-6-5-7-10-15)26-20(18)16-11-8-12-17(33-2)21(16)28/h5-12,18-20,26,28H,3-4,13-14H2,1-2H3,(H,31,32). The number of aliphatic carboxylic acids is 1. The Hall–Kier alpha value is -3.39. The number of amides is 2. The van der Waals surface area contributed by atoms with Gasteiger partial charge in [0.05, 0.1) is 18.9 Å². The predicted molar refractivity (Wildman–Crippen MR) is 120 cm³/mol. The quantitative estimate of drug-likeness (QED) is 0.527. The molecule has 33 heavy (non-hydrogen) atoms. The van der Waals surface area contributed by atoms with Crippen molar-refractivity contribution in [3.63, 3.8) is 0 Å². The molecule has 0 aliphatic carbocycles. The number of carboxylic acids is 1. The fourth-order valence-electron chi connectivity index (χ4n) is 5.17. The van der Waals surface area contributed by atoms with Crippen LogP contribution in [0.25, 0.3) is 0 Å². The van der Waals surface area contributed by atoms with Crippen molar-refractivity contribution in [3.05, 3.63) is 59.7 Å². The zero-order valence-corrected chi connectivity index (χ0v) is 18.7. The number of hydrogen-bond donors (Lipinski definition) is 3. The maximum absolute atomic E-state index is 13.5. The first-order valence-corrected chi connectivity index (χ1v) is 11.1. The predicted octanol–water partition coefficient (Wildman–Crippen LogP) is 2.51. The summed E-state index contributed by atoms with van der Waals surface area (Å²) >= 11 is 0. The average molecular weight is 453 g/mol. The lowest BCUT2D eigenvalue weighted by Gasteiger charge is -2.31. The van der Waals surface area contributed by atoms with E-state index in [0.717, 1.165) is 12.0 Å². The maximum atomic E-state index is 13.5. The van der Waals surface area contributed by atoms with Gasteiger partial charge in [0, 0.05) is 24.6 Å². The molecule has 0 radical (unpaired) electrons. The van der Waals surface area contributed by atoms with Gasteiger partial charge in [-0.2, -0.15) is 0 Å². The third kappa shape index (κ3) is 3.64. The summed E-state index contributed by atoms with van der Waals surface area (Å²) in [6.07, 6.45) is 1.45. The Morgan fingerprint density at radius 2 is 1.85 bits per heavy atom. The van der Waals surface area contributed by atoms with Gasteiger partial charge in [-0.1, -0.05) is 55.8 Å². The maximum Gasteiger partial charge on any atom is 0.325 e. The molecule has 2 aromatic rings. The normalized spacial score (nSPS) is 26.5. The highest BCUT2D eigenvalue weighted by Crippen LogP contribution is 2.52. The minimum atomic E-state index is -1.71. The molecule has 4 rings (SSSR count). The number of imide groups is 1. The largest absolute Gasteiger partial charge is 0.504 e. The van der Waals surface area contributed by atoms with Crippen molar-refractivity contribution in [2.45, 2.75) is 37.8 Å². The second-order valence-electron chi connectivity index (χ2n) is 8.64. The van der Waals surface area contributed by atoms with E-state index in [1.807, 2.05) is 13.0 Å². The Morgan fingerprint density at radius 3 is 2.48 bits per heavy atom. The van der Waals surface area contributed by atoms with Crippen LogP contribution in [0.2, 0.25) is 0 Å². The highest BCUT2D eigenvalue weighted by atomic mass is 16.5. The van der Waals surface area contributed by atoms with E-state index in [2.05, 4.69) is 5.32 Å². The molecule has 174 valence electrons. The van der Waals surface area contributed by atoms with Crippen LogP contribution in [0.4, 0.5) is 0 Å². The van der Waals surface area contributed by atoms with Crippen LogP contribution in [-0.2, 0) is 20.8 Å². The Labute approximate surface area is 192 Å². The van der Waals surface area contributed by atoms with Crippen LogP contribution in [0.5, 0.6) is 11.5 Å². The molecule has 0 bridgehead atoms. The topological polar surface area (TPSA) is 116 Å². The summed E-state index contributed by atoms with van der Waals surface area (Å²) in [5, 5.41) is 24.4. The lowest BCUT2D eigenvalue weighted by atomic mass is 9.76. The molecule has 2 saturated heterocycles. The number of carbonyl (C=O) groups is 3. The van der Waals surface area contributed by atoms with Gasteiger partial charge in [-0.25, -0.2) is 0 Å². The Kier molecular flexibility index (Phi) is 6.12. The summed E-state index contributed by atoms with van der Waals surface area (Å²) in [6.45, 7) is 2.21. The van der Waals surface area contributed by atoms with Gasteiger partial charge in [-0.05, 0) is 18.1 Å². The molecule has 2 amide bonds. The first-order chi connectivity index (χ1) is 15.9. The summed E-state index contributed by atoms with van der Waals surface area (Å²) in [7, 11) is 1.41. The fourth-order valence-corrected chi connectivity index (χ4v) is 5.17. The molecule has 2 heterocycles. The van der Waals surface area contributed by atoms with Crippen molar-refractivity contribution in [1.82, 2.24) is 10.2 Å². The summed E-state index contributed by atoms with van der Waals surface area (Å²) in [5.41, 5.74) is -0.646. The van der Waals surface area contributed by atoms with Crippen molar-refractivity contribution >= 4 is 17.8 Å². The van der Waals surface area contributed by atoms with Gasteiger partial charge in [0.25, 0.3) is 0 Å². The number of phenols is 1. The highest BCUT2D eigenvalue weighted by Gasteiger charge is 2.68. The number of unbranched alkanes of at least 4 members (excludes halogenated alkanes) is 1. The van der Waals surface area contributed by atoms with Crippen molar-refractivity contribution in [2.24, 2.45) is 11.8 Å². The van der Waals surface area contributed by atoms with E-state index in [1.54, 1.807) is 42.5 Å². The van der Waals surface area contributed by atoms with Crippen LogP contribution in [0, 0.1) is 11.8 Å². The van der Waals surface area contributed by atoms with Gasteiger partial charge in [0.1, 0.15) is 5.54 Å². The number of fused-ring (bicyclic) bond motifs is 1. The molecule has 0 saturated carbocycles. The number of likely N-dealkylation sites (tertiary alicyclic amines) is 1. The number of nitrogens with one attached hydrogen (secondary N) is 1. The average Bonchev–Trinajstić information content (AvgIpc) is 3.27. The van der Waals surface area contributed by atoms with E-state index in [9.17, 15) is 24.6 Å². The fraction of sp³-hybridized carbons (Fsp3) is 0.400. The molecule has 2 aliphatic rings. The number of phenolic OH excluding ortho intramolecular Hbond substituents is 1. The van der Waals surface area contributed by atoms with Crippen LogP contribution in [0.15, 0.2) is 48.5 Å². The number of ether oxygens (including phenoxy) is 1. The van der Waals surface area contributed by atoms with Gasteiger partial charge in [0.15, 0.2) is 11.5 Å². The van der Waals surface area contributed by atoms with E-state index in [1.165, 1.54) is 12.0 Å². The molecular weight excluding hydrogens is 424 g/mol. The van der Waals surface area contributed by atoms with E-state index in [4.69, 9.17) is 4.74 Å². The van der Waals surface area contributed by atoms with Crippen molar-refractivity contribution < 1.29 is 29.3 Å². The zero-order valence-electron chi connectivity index (χ0n) is 18.7. The number of carbonyl (C=O) groups excluding carboxylic acids is 2. The SMILES string of the molecule is CCCCN1C(=O)C2C(c3cccc(OC)c3O)NC(Cc3ccccc3)(C(=O)O)C2C1=O. The van der Waals surface area contributed by atoms with E-state index >= 15 is 0 Å². The lowest BCUT2D eigenvalue weighted by molar-refractivity contribution is -0.151. The Balaban J connectivity index is 1.86. The number of methoxy groups -OCH3 is 1. The second kappa shape index (κ2) is 8.86. The van der Waals surface area contributed by atoms with E-state index < -0.39 is 41.2 Å². The smallest absolute Gasteiger partial charge is 0.325 e. The van der Waals surface area contributed by atoms with Crippen LogP contribution >= 0.6 is 0 Å². The van der Waals surface area contributed by atoms with Gasteiger partial charge in [-0.15, -0.1) is 0 Å². The molecule has 8 nitrogen and oxygen atoms in total. The number of benzene rings is 2. The van der Waals surface area contributed by atoms with Gasteiger partial charge in [0.2, 0.25) is 11.8 Å². The number of hydrogen-bond acceptors (Lipinski definition) is 6. The summed E-state index contributed by atoms with van der Waals surface area (Å²) < 4.78 is 5.22. The van der Waals surface area contributed by atoms with Gasteiger partial charge in [-0.3, -0.25) is 24.6 Å². The molecule has 4 unspecified atom stereocenters. The summed E-state index contributed by atoms with van der Waals surface area (Å²) in [6, 6.07) is 13.0. The molecule has 4 atom stereocenters. The van der Waals surface area contributed by atoms with Crippen molar-refractivity contribution in [1.29, 1.82) is 0 Å². The van der Waals surface area contributed by atoms with E-state index in [0.29, 0.717) is 12.0 Å². The zero-order chi connectivity index (χ0) is 23.8. The highest BCUT2D eigenvalue weighted by molar-refractivity contribution is 6.09. The monoisotopic (exact) mass is 452 g/mol. The van der Waals surface area contributed by atoms with Gasteiger partial charge < -0.3 is 14.9 Å². The summed E-state index contributed by atoms with van der Waals surface area (Å²) in [4.78, 5) is 41.0. The van der Waals surface area contributed by atoms with Crippen molar-refractivity contribution in [3.8, 4) is 11.5 Å². The third-order valence-electron chi connectivity index (χ3n) is 6.77. The Bertz CT molecular complexity index is 1070. The molecule has 2 fully saturated rings. The van der Waals surface area contributed by atoms with Crippen LogP contribution in [0.1, 0.15) is 36.9 Å². The lowest BCUT2D eigenvalue weighted by Crippen LogP contribution is -2.57. The molecule has 2 aromatic carbocycles. The minimum Gasteiger partial charge on any atom is -0.504 e. The Morgan fingerprint density at radius 1 is 1.12 bits per heavy atom. The number of carboxylic acid groups (broad SMARTS) is 1. The van der Waals surface area contributed by atoms with Crippen LogP contribution in [-0.4, -0.2) is 52.1 Å². The number of nitrogens with zero attached hydrogens (tertiary/aromatic N) is 1. The second-order valence-corrected chi connectivity index (χ2v) is 8.64. The number of rotatable bonds is 8.